The minimum atomic E-state index is -4.10. The predicted molar refractivity (Wildman–Crippen MR) is 177 cm³/mol. The molecule has 0 bridgehead atoms. The van der Waals surface area contributed by atoms with Gasteiger partial charge in [-0.15, -0.1) is 0 Å². The molecular formula is C31H53N7O7Si. The summed E-state index contributed by atoms with van der Waals surface area (Å²) in [5.74, 6) is -3.29. The Morgan fingerprint density at radius 2 is 1.72 bits per heavy atom. The number of amides is 3. The number of nitrogens with zero attached hydrogens (tertiary/aromatic N) is 2. The van der Waals surface area contributed by atoms with Gasteiger partial charge >= 0.3 is 14.5 Å². The van der Waals surface area contributed by atoms with Crippen molar-refractivity contribution in [3.8, 4) is 0 Å². The van der Waals surface area contributed by atoms with Crippen molar-refractivity contribution in [2.24, 2.45) is 22.4 Å². The smallest absolute Gasteiger partial charge is 0.370 e. The van der Waals surface area contributed by atoms with Gasteiger partial charge in [0.15, 0.2) is 5.96 Å². The van der Waals surface area contributed by atoms with Crippen LogP contribution in [0.4, 0.5) is 0 Å². The van der Waals surface area contributed by atoms with Crippen molar-refractivity contribution in [3.63, 3.8) is 0 Å². The van der Waals surface area contributed by atoms with Crippen LogP contribution in [0.3, 0.4) is 0 Å². The van der Waals surface area contributed by atoms with Crippen molar-refractivity contribution in [1.29, 1.82) is 0 Å². The molecule has 1 saturated heterocycles. The number of nitrogens with one attached hydrogen (secondary N) is 3. The number of rotatable bonds is 21. The number of hydrogen-bond donors (Lipinski definition) is 8. The highest BCUT2D eigenvalue weighted by atomic mass is 28.4. The summed E-state index contributed by atoms with van der Waals surface area (Å²) in [6, 6.07) is 7.45. The summed E-state index contributed by atoms with van der Waals surface area (Å²) in [5, 5.41) is 18.0. The lowest BCUT2D eigenvalue weighted by molar-refractivity contribution is -0.146. The number of hydrogen-bond acceptors (Lipinski definition) is 8. The van der Waals surface area contributed by atoms with Gasteiger partial charge in [0, 0.05) is 25.2 Å². The van der Waals surface area contributed by atoms with Crippen LogP contribution in [-0.4, -0.2) is 101 Å². The van der Waals surface area contributed by atoms with E-state index in [1.807, 2.05) is 44.2 Å². The number of carbonyl (C=O) groups is 4. The molecule has 15 heteroatoms. The average Bonchev–Trinajstić information content (AvgIpc) is 3.50. The van der Waals surface area contributed by atoms with Gasteiger partial charge in [0.05, 0.1) is 12.1 Å². The molecule has 1 aromatic carbocycles. The van der Waals surface area contributed by atoms with Gasteiger partial charge in [-0.1, -0.05) is 57.0 Å². The molecule has 46 heavy (non-hydrogen) atoms. The van der Waals surface area contributed by atoms with Crippen LogP contribution < -0.4 is 27.4 Å². The Labute approximate surface area is 272 Å². The van der Waals surface area contributed by atoms with Crippen LogP contribution in [0.5, 0.6) is 0 Å². The molecule has 1 aliphatic heterocycles. The molecule has 0 radical (unpaired) electrons. The number of carboxylic acid groups (broad SMARTS) is 1. The summed E-state index contributed by atoms with van der Waals surface area (Å²) in [7, 11) is -4.10. The van der Waals surface area contributed by atoms with E-state index in [-0.39, 0.29) is 43.5 Å². The molecule has 3 amide bonds. The van der Waals surface area contributed by atoms with E-state index in [0.717, 1.165) is 18.4 Å². The molecular weight excluding hydrogens is 610 g/mol. The molecule has 10 N–H and O–H groups in total. The van der Waals surface area contributed by atoms with E-state index in [1.54, 1.807) is 0 Å². The first-order chi connectivity index (χ1) is 21.9. The number of carbonyl (C=O) groups excluding carboxylic acids is 3. The van der Waals surface area contributed by atoms with Gasteiger partial charge in [-0.2, -0.15) is 0 Å². The van der Waals surface area contributed by atoms with Gasteiger partial charge in [-0.25, -0.2) is 0 Å². The van der Waals surface area contributed by atoms with Crippen molar-refractivity contribution in [2.75, 3.05) is 25.8 Å². The summed E-state index contributed by atoms with van der Waals surface area (Å²) in [6.07, 6.45) is 4.04. The van der Waals surface area contributed by atoms with E-state index < -0.39 is 50.5 Å². The molecule has 14 nitrogen and oxygen atoms in total. The summed E-state index contributed by atoms with van der Waals surface area (Å²) < 4.78 is 0. The minimum absolute atomic E-state index is 0.0986. The number of aliphatic imine (C=N–C) groups is 1. The monoisotopic (exact) mass is 663 g/mol. The lowest BCUT2D eigenvalue weighted by atomic mass is 9.96. The first-order valence-corrected chi connectivity index (χ1v) is 18.4. The van der Waals surface area contributed by atoms with Gasteiger partial charge in [-0.3, -0.25) is 24.2 Å². The molecule has 0 spiro atoms. The van der Waals surface area contributed by atoms with Crippen LogP contribution >= 0.6 is 0 Å². The molecule has 1 fully saturated rings. The van der Waals surface area contributed by atoms with Crippen LogP contribution in [0.15, 0.2) is 35.3 Å². The lowest BCUT2D eigenvalue weighted by Gasteiger charge is -2.33. The van der Waals surface area contributed by atoms with Crippen molar-refractivity contribution in [3.05, 3.63) is 35.9 Å². The Morgan fingerprint density at radius 3 is 2.33 bits per heavy atom. The Morgan fingerprint density at radius 1 is 1.04 bits per heavy atom. The largest absolute Gasteiger partial charge is 0.481 e. The second kappa shape index (κ2) is 19.9. The van der Waals surface area contributed by atoms with E-state index in [4.69, 9.17) is 11.5 Å². The van der Waals surface area contributed by atoms with Crippen molar-refractivity contribution in [1.82, 2.24) is 20.9 Å². The highest BCUT2D eigenvalue weighted by Crippen LogP contribution is 2.21. The fraction of sp³-hybridized carbons (Fsp3) is 0.645. The maximum atomic E-state index is 13.6. The van der Waals surface area contributed by atoms with Gasteiger partial charge in [0.25, 0.3) is 0 Å². The first-order valence-electron chi connectivity index (χ1n) is 16.3. The molecule has 2 rings (SSSR count). The van der Waals surface area contributed by atoms with Crippen LogP contribution in [0.2, 0.25) is 0 Å². The Kier molecular flexibility index (Phi) is 16.7. The number of carboxylic acids is 1. The normalized spacial score (nSPS) is 16.1. The molecule has 1 aromatic rings. The quantitative estimate of drug-likeness (QED) is 0.0380. The minimum Gasteiger partial charge on any atom is -0.481 e. The van der Waals surface area contributed by atoms with Crippen molar-refractivity contribution < 1.29 is 33.9 Å². The zero-order valence-electron chi connectivity index (χ0n) is 27.1. The van der Waals surface area contributed by atoms with Gasteiger partial charge in [-0.05, 0) is 57.1 Å². The Bertz CT molecular complexity index is 1150. The number of guanidine groups is 1. The molecule has 1 heterocycles. The topological polar surface area (TPSA) is 233 Å². The number of nitrogens with two attached hydrogens (primary N) is 2. The van der Waals surface area contributed by atoms with Crippen molar-refractivity contribution >= 4 is 38.2 Å². The standard InChI is InChI=1S/C31H53N7O7Si/c1-3-10-23(11-4-2)28(41)36-24(20-27(39)40)30(43)38-19-9-14-25(38)29(42)37-26(15-8-17-35-31(32)33)46(44,45)21-34-18-16-22-12-6-5-7-13-22/h5-7,12-13,23-26,34,44-45H,3-4,8-11,14-21H2,1-2H3,(H,36,41)(H,37,42)(H,39,40)(H4,32,33,35). The second-order valence-corrected chi connectivity index (χ2v) is 14.7. The third-order valence-corrected chi connectivity index (χ3v) is 10.4. The number of likely N-dealkylation sites (tertiary alicyclic amines) is 1. The maximum absolute atomic E-state index is 13.6. The first kappa shape index (κ1) is 38.6. The highest BCUT2D eigenvalue weighted by molar-refractivity contribution is 6.66. The molecule has 1 aliphatic rings. The van der Waals surface area contributed by atoms with E-state index >= 15 is 0 Å². The number of benzene rings is 1. The number of aliphatic carboxylic acids is 1. The molecule has 3 unspecified atom stereocenters. The molecule has 0 aliphatic carbocycles. The molecule has 0 aromatic heterocycles. The van der Waals surface area contributed by atoms with Crippen LogP contribution in [0.25, 0.3) is 0 Å². The summed E-state index contributed by atoms with van der Waals surface area (Å²) in [6.45, 7) is 4.83. The fourth-order valence-corrected chi connectivity index (χ4v) is 7.57. The lowest BCUT2D eigenvalue weighted by Crippen LogP contribution is -2.65. The van der Waals surface area contributed by atoms with E-state index in [1.165, 1.54) is 4.90 Å². The van der Waals surface area contributed by atoms with Crippen molar-refractivity contribution in [2.45, 2.75) is 95.8 Å². The average molecular weight is 664 g/mol. The predicted octanol–water partition coefficient (Wildman–Crippen LogP) is 0.0292. The van der Waals surface area contributed by atoms with Gasteiger partial charge in [0.1, 0.15) is 12.1 Å². The maximum Gasteiger partial charge on any atom is 0.370 e. The highest BCUT2D eigenvalue weighted by Gasteiger charge is 2.44. The third-order valence-electron chi connectivity index (χ3n) is 8.12. The zero-order valence-corrected chi connectivity index (χ0v) is 28.1. The fourth-order valence-electron chi connectivity index (χ4n) is 5.73. The van der Waals surface area contributed by atoms with Crippen LogP contribution in [0.1, 0.15) is 77.2 Å². The van der Waals surface area contributed by atoms with Crippen LogP contribution in [0, 0.1) is 5.92 Å². The SMILES string of the molecule is CCCC(CCC)C(=O)NC(CC(=O)O)C(=O)N1CCCC1C(=O)NC(CCCN=C(N)N)[Si](O)(O)CNCCc1ccccc1. The van der Waals surface area contributed by atoms with Crippen LogP contribution in [-0.2, 0) is 25.6 Å². The Hall–Kier alpha value is -3.53. The van der Waals surface area contributed by atoms with E-state index in [0.29, 0.717) is 45.1 Å². The van der Waals surface area contributed by atoms with Gasteiger partial charge < -0.3 is 47.0 Å². The van der Waals surface area contributed by atoms with Gasteiger partial charge in [0.2, 0.25) is 17.7 Å². The van der Waals surface area contributed by atoms with E-state index in [2.05, 4.69) is 20.9 Å². The second-order valence-electron chi connectivity index (χ2n) is 11.9. The summed E-state index contributed by atoms with van der Waals surface area (Å²) >= 11 is 0. The van der Waals surface area contributed by atoms with E-state index in [9.17, 15) is 33.9 Å². The molecule has 3 atom stereocenters. The molecule has 0 saturated carbocycles. The third kappa shape index (κ3) is 13.1. The zero-order chi connectivity index (χ0) is 34.1. The molecule has 258 valence electrons. The summed E-state index contributed by atoms with van der Waals surface area (Å²) in [5.41, 5.74) is 10.9. The summed E-state index contributed by atoms with van der Waals surface area (Å²) in [4.78, 5) is 79.6. The Balaban J connectivity index is 2.15.